The first-order valence-electron chi connectivity index (χ1n) is 10.3. The van der Waals surface area contributed by atoms with Crippen LogP contribution in [0.25, 0.3) is 0 Å². The van der Waals surface area contributed by atoms with Gasteiger partial charge in [-0.3, -0.25) is 4.79 Å². The highest BCUT2D eigenvalue weighted by molar-refractivity contribution is 7.91. The third-order valence-corrected chi connectivity index (χ3v) is 8.46. The van der Waals surface area contributed by atoms with E-state index in [1.54, 1.807) is 12.1 Å². The molecule has 1 fully saturated rings. The van der Waals surface area contributed by atoms with Gasteiger partial charge in [-0.05, 0) is 45.7 Å². The van der Waals surface area contributed by atoms with E-state index in [0.29, 0.717) is 23.1 Å². The van der Waals surface area contributed by atoms with Crippen molar-refractivity contribution in [3.05, 3.63) is 28.8 Å². The molecule has 1 saturated heterocycles. The molecule has 0 spiro atoms. The van der Waals surface area contributed by atoms with Crippen LogP contribution in [0.2, 0.25) is 0 Å². The molecule has 0 aromatic carbocycles. The minimum Gasteiger partial charge on any atom is -0.311 e. The zero-order valence-electron chi connectivity index (χ0n) is 18.7. The lowest BCUT2D eigenvalue weighted by atomic mass is 9.92. The van der Waals surface area contributed by atoms with E-state index < -0.39 is 10.0 Å². The molecule has 1 amide bonds. The fourth-order valence-corrected chi connectivity index (χ4v) is 6.37. The van der Waals surface area contributed by atoms with Gasteiger partial charge in [0.2, 0.25) is 5.91 Å². The van der Waals surface area contributed by atoms with E-state index in [2.05, 4.69) is 26.1 Å². The molecule has 2 aromatic rings. The standard InChI is InChI=1S/C21H32N4O3S2/c1-20(2,3)16-14-17(25(23-16)21(4,5)6)22-18(26)13-15-9-10-19(29-15)30(27,28)24-11-7-8-12-24/h9-10,14H,7-8,11-13H2,1-6H3,(H,22,26). The third kappa shape index (κ3) is 4.95. The predicted molar refractivity (Wildman–Crippen MR) is 121 cm³/mol. The lowest BCUT2D eigenvalue weighted by molar-refractivity contribution is -0.115. The maximum Gasteiger partial charge on any atom is 0.252 e. The molecule has 7 nitrogen and oxygen atoms in total. The van der Waals surface area contributed by atoms with Gasteiger partial charge in [-0.25, -0.2) is 13.1 Å². The van der Waals surface area contributed by atoms with Crippen LogP contribution in [0, 0.1) is 0 Å². The lowest BCUT2D eigenvalue weighted by Crippen LogP contribution is -2.27. The second-order valence-corrected chi connectivity index (χ2v) is 13.1. The number of carbonyl (C=O) groups is 1. The van der Waals surface area contributed by atoms with Crippen LogP contribution in [0.15, 0.2) is 22.4 Å². The number of thiophene rings is 1. The number of hydrogen-bond donors (Lipinski definition) is 1. The maximum absolute atomic E-state index is 12.7. The summed E-state index contributed by atoms with van der Waals surface area (Å²) in [5.41, 5.74) is 0.483. The van der Waals surface area contributed by atoms with Crippen molar-refractivity contribution in [3.8, 4) is 0 Å². The minimum atomic E-state index is -3.45. The Balaban J connectivity index is 1.75. The number of sulfonamides is 1. The fourth-order valence-electron chi connectivity index (χ4n) is 3.34. The summed E-state index contributed by atoms with van der Waals surface area (Å²) < 4.78 is 29.1. The highest BCUT2D eigenvalue weighted by Gasteiger charge is 2.29. The van der Waals surface area contributed by atoms with Gasteiger partial charge in [0.1, 0.15) is 10.0 Å². The van der Waals surface area contributed by atoms with Gasteiger partial charge in [-0.15, -0.1) is 11.3 Å². The van der Waals surface area contributed by atoms with Gasteiger partial charge in [-0.2, -0.15) is 9.40 Å². The summed E-state index contributed by atoms with van der Waals surface area (Å²) in [5, 5.41) is 7.68. The number of nitrogens with zero attached hydrogens (tertiary/aromatic N) is 3. The van der Waals surface area contributed by atoms with Crippen LogP contribution in [0.1, 0.15) is 65.0 Å². The normalized spacial score (nSPS) is 16.2. The molecule has 166 valence electrons. The zero-order chi connectivity index (χ0) is 22.3. The van der Waals surface area contributed by atoms with Crippen LogP contribution >= 0.6 is 11.3 Å². The Hall–Kier alpha value is -1.71. The molecule has 30 heavy (non-hydrogen) atoms. The van der Waals surface area contributed by atoms with Gasteiger partial charge in [0, 0.05) is 29.4 Å². The monoisotopic (exact) mass is 452 g/mol. The molecule has 1 aliphatic heterocycles. The fraction of sp³-hybridized carbons (Fsp3) is 0.619. The highest BCUT2D eigenvalue weighted by Crippen LogP contribution is 2.30. The van der Waals surface area contributed by atoms with Gasteiger partial charge < -0.3 is 5.32 Å². The number of nitrogens with one attached hydrogen (secondary N) is 1. The quantitative estimate of drug-likeness (QED) is 0.744. The van der Waals surface area contributed by atoms with Gasteiger partial charge in [0.15, 0.2) is 0 Å². The van der Waals surface area contributed by atoms with Crippen LogP contribution in [-0.4, -0.2) is 41.5 Å². The van der Waals surface area contributed by atoms with Crippen molar-refractivity contribution in [1.82, 2.24) is 14.1 Å². The van der Waals surface area contributed by atoms with Crippen molar-refractivity contribution < 1.29 is 13.2 Å². The number of anilines is 1. The van der Waals surface area contributed by atoms with Crippen molar-refractivity contribution >= 4 is 33.1 Å². The SMILES string of the molecule is CC(C)(C)c1cc(NC(=O)Cc2ccc(S(=O)(=O)N3CCCC3)s2)n(C(C)(C)C)n1. The Bertz CT molecular complexity index is 1020. The Morgan fingerprint density at radius 2 is 1.77 bits per heavy atom. The van der Waals surface area contributed by atoms with Gasteiger partial charge in [0.25, 0.3) is 10.0 Å². The van der Waals surface area contributed by atoms with E-state index in [1.165, 1.54) is 15.6 Å². The van der Waals surface area contributed by atoms with E-state index in [-0.39, 0.29) is 23.3 Å². The molecule has 0 aliphatic carbocycles. The smallest absolute Gasteiger partial charge is 0.252 e. The molecule has 1 aliphatic rings. The first kappa shape index (κ1) is 23.0. The van der Waals surface area contributed by atoms with E-state index in [0.717, 1.165) is 23.4 Å². The summed E-state index contributed by atoms with van der Waals surface area (Å²) in [7, 11) is -3.45. The predicted octanol–water partition coefficient (Wildman–Crippen LogP) is 3.96. The van der Waals surface area contributed by atoms with Gasteiger partial charge in [-0.1, -0.05) is 20.8 Å². The molecule has 3 heterocycles. The zero-order valence-corrected chi connectivity index (χ0v) is 20.3. The number of aromatic nitrogens is 2. The van der Waals surface area contributed by atoms with Crippen molar-refractivity contribution in [2.75, 3.05) is 18.4 Å². The first-order valence-corrected chi connectivity index (χ1v) is 12.5. The first-order chi connectivity index (χ1) is 13.8. The number of carbonyl (C=O) groups excluding carboxylic acids is 1. The number of amides is 1. The van der Waals surface area contributed by atoms with Gasteiger partial charge >= 0.3 is 0 Å². The van der Waals surface area contributed by atoms with Crippen LogP contribution in [-0.2, 0) is 32.2 Å². The molecule has 0 unspecified atom stereocenters. The third-order valence-electron chi connectivity index (χ3n) is 5.01. The minimum absolute atomic E-state index is 0.125. The topological polar surface area (TPSA) is 84.3 Å². The summed E-state index contributed by atoms with van der Waals surface area (Å²) in [6.45, 7) is 13.5. The molecule has 0 saturated carbocycles. The summed E-state index contributed by atoms with van der Waals surface area (Å²) in [4.78, 5) is 13.5. The van der Waals surface area contributed by atoms with Crippen molar-refractivity contribution in [2.24, 2.45) is 0 Å². The van der Waals surface area contributed by atoms with Crippen LogP contribution < -0.4 is 5.32 Å². The van der Waals surface area contributed by atoms with E-state index >= 15 is 0 Å². The Morgan fingerprint density at radius 1 is 1.13 bits per heavy atom. The lowest BCUT2D eigenvalue weighted by Gasteiger charge is -2.23. The molecule has 0 radical (unpaired) electrons. The molecule has 0 atom stereocenters. The molecule has 2 aromatic heterocycles. The van der Waals surface area contributed by atoms with Crippen molar-refractivity contribution in [3.63, 3.8) is 0 Å². The van der Waals surface area contributed by atoms with E-state index in [4.69, 9.17) is 5.10 Å². The largest absolute Gasteiger partial charge is 0.311 e. The Kier molecular flexibility index (Phi) is 6.19. The number of rotatable bonds is 5. The summed E-state index contributed by atoms with van der Waals surface area (Å²) in [6.07, 6.45) is 1.93. The molecular formula is C21H32N4O3S2. The second kappa shape index (κ2) is 8.09. The number of hydrogen-bond acceptors (Lipinski definition) is 5. The van der Waals surface area contributed by atoms with Crippen LogP contribution in [0.3, 0.4) is 0 Å². The van der Waals surface area contributed by atoms with Crippen LogP contribution in [0.4, 0.5) is 5.82 Å². The van der Waals surface area contributed by atoms with Crippen molar-refractivity contribution in [1.29, 1.82) is 0 Å². The summed E-state index contributed by atoms with van der Waals surface area (Å²) in [5.74, 6) is 0.465. The average molecular weight is 453 g/mol. The average Bonchev–Trinajstić information content (AvgIpc) is 3.34. The summed E-state index contributed by atoms with van der Waals surface area (Å²) >= 11 is 1.17. The second-order valence-electron chi connectivity index (χ2n) is 9.80. The van der Waals surface area contributed by atoms with E-state index in [9.17, 15) is 13.2 Å². The van der Waals surface area contributed by atoms with E-state index in [1.807, 2.05) is 31.5 Å². The summed E-state index contributed by atoms with van der Waals surface area (Å²) in [6, 6.07) is 5.26. The maximum atomic E-state index is 12.7. The highest BCUT2D eigenvalue weighted by atomic mass is 32.2. The Labute approximate surface area is 183 Å². The molecule has 9 heteroatoms. The van der Waals surface area contributed by atoms with Crippen molar-refractivity contribution in [2.45, 2.75) is 76.0 Å². The molecule has 3 rings (SSSR count). The molecular weight excluding hydrogens is 420 g/mol. The Morgan fingerprint density at radius 3 is 2.33 bits per heavy atom. The van der Waals surface area contributed by atoms with Crippen LogP contribution in [0.5, 0.6) is 0 Å². The molecule has 0 bridgehead atoms. The molecule has 1 N–H and O–H groups in total. The van der Waals surface area contributed by atoms with Gasteiger partial charge in [0.05, 0.1) is 17.7 Å².